The highest BCUT2D eigenvalue weighted by molar-refractivity contribution is 5.92. The van der Waals surface area contributed by atoms with Gasteiger partial charge in [0.05, 0.1) is 6.10 Å². The van der Waals surface area contributed by atoms with Gasteiger partial charge >= 0.3 is 0 Å². The van der Waals surface area contributed by atoms with E-state index in [1.165, 1.54) is 12.1 Å². The number of halogens is 2. The third-order valence-electron chi connectivity index (χ3n) is 4.96. The summed E-state index contributed by atoms with van der Waals surface area (Å²) in [6.45, 7) is 1.96. The van der Waals surface area contributed by atoms with Crippen LogP contribution in [0.4, 0.5) is 8.78 Å². The number of amides is 1. The van der Waals surface area contributed by atoms with E-state index in [4.69, 9.17) is 14.0 Å². The number of carbonyl (C=O) groups is 1. The zero-order valence-corrected chi connectivity index (χ0v) is 15.4. The van der Waals surface area contributed by atoms with Crippen molar-refractivity contribution >= 4 is 5.91 Å². The number of hydrogen-bond donors (Lipinski definition) is 0. The van der Waals surface area contributed by atoms with E-state index in [2.05, 4.69) is 5.16 Å². The lowest BCUT2D eigenvalue weighted by Gasteiger charge is -2.24. The number of rotatable bonds is 8. The first-order chi connectivity index (χ1) is 13.6. The van der Waals surface area contributed by atoms with Crippen LogP contribution in [-0.4, -0.2) is 41.8 Å². The van der Waals surface area contributed by atoms with E-state index in [1.54, 1.807) is 4.90 Å². The van der Waals surface area contributed by atoms with Gasteiger partial charge in [0.15, 0.2) is 23.1 Å². The maximum atomic E-state index is 13.2. The molecule has 0 spiro atoms. The lowest BCUT2D eigenvalue weighted by molar-refractivity contribution is 0.0507. The highest BCUT2D eigenvalue weighted by Crippen LogP contribution is 2.30. The van der Waals surface area contributed by atoms with Crippen LogP contribution in [0.25, 0.3) is 0 Å². The van der Waals surface area contributed by atoms with Crippen LogP contribution >= 0.6 is 0 Å². The zero-order valence-electron chi connectivity index (χ0n) is 15.4. The SMILES string of the molecule is O=C(c1cc(COc2ccc(F)c(F)c2)on1)N(CC1CC1)C[C@@H]1CCCO1. The molecule has 1 saturated carbocycles. The Hall–Kier alpha value is -2.48. The molecule has 0 unspecified atom stereocenters. The van der Waals surface area contributed by atoms with E-state index in [1.807, 2.05) is 0 Å². The van der Waals surface area contributed by atoms with Gasteiger partial charge in [-0.15, -0.1) is 0 Å². The fourth-order valence-electron chi connectivity index (χ4n) is 3.25. The van der Waals surface area contributed by atoms with E-state index >= 15 is 0 Å². The predicted octanol–water partition coefficient (Wildman–Crippen LogP) is 3.56. The van der Waals surface area contributed by atoms with Crippen LogP contribution in [0.2, 0.25) is 0 Å². The molecule has 2 aliphatic rings. The summed E-state index contributed by atoms with van der Waals surface area (Å²) in [6, 6.07) is 4.79. The fraction of sp³-hybridized carbons (Fsp3) is 0.500. The van der Waals surface area contributed by atoms with Crippen molar-refractivity contribution < 1.29 is 27.6 Å². The van der Waals surface area contributed by atoms with Crippen LogP contribution in [0.15, 0.2) is 28.8 Å². The van der Waals surface area contributed by atoms with Crippen molar-refractivity contribution in [2.45, 2.75) is 38.4 Å². The monoisotopic (exact) mass is 392 g/mol. The van der Waals surface area contributed by atoms with Crippen LogP contribution in [0.5, 0.6) is 5.75 Å². The number of carbonyl (C=O) groups excluding carboxylic acids is 1. The summed E-state index contributed by atoms with van der Waals surface area (Å²) < 4.78 is 42.4. The van der Waals surface area contributed by atoms with E-state index in [0.717, 1.165) is 44.4 Å². The Labute approximate surface area is 161 Å². The first kappa shape index (κ1) is 18.9. The van der Waals surface area contributed by atoms with Crippen molar-refractivity contribution in [1.29, 1.82) is 0 Å². The van der Waals surface area contributed by atoms with Crippen LogP contribution in [0.1, 0.15) is 41.9 Å². The van der Waals surface area contributed by atoms with Crippen molar-refractivity contribution in [2.75, 3.05) is 19.7 Å². The quantitative estimate of drug-likeness (QED) is 0.687. The van der Waals surface area contributed by atoms with Gasteiger partial charge in [0.1, 0.15) is 12.4 Å². The summed E-state index contributed by atoms with van der Waals surface area (Å²) in [7, 11) is 0. The molecule has 1 aliphatic carbocycles. The molecule has 1 aliphatic heterocycles. The second kappa shape index (κ2) is 8.26. The van der Waals surface area contributed by atoms with Crippen molar-refractivity contribution in [1.82, 2.24) is 10.1 Å². The molecule has 8 heteroatoms. The topological polar surface area (TPSA) is 64.8 Å². The van der Waals surface area contributed by atoms with Gasteiger partial charge in [-0.2, -0.15) is 0 Å². The molecule has 1 aromatic heterocycles. The fourth-order valence-corrected chi connectivity index (χ4v) is 3.25. The molecule has 150 valence electrons. The molecule has 2 aromatic rings. The molecule has 1 aromatic carbocycles. The van der Waals surface area contributed by atoms with Gasteiger partial charge in [-0.1, -0.05) is 5.16 Å². The summed E-state index contributed by atoms with van der Waals surface area (Å²) in [4.78, 5) is 14.7. The van der Waals surface area contributed by atoms with Gasteiger partial charge < -0.3 is 18.9 Å². The Balaban J connectivity index is 1.38. The standard InChI is InChI=1S/C20H22F2N2O4/c21-17-6-5-14(8-18(17)22)27-12-16-9-19(23-28-16)20(25)24(10-13-3-4-13)11-15-2-1-7-26-15/h5-6,8-9,13,15H,1-4,7,10-12H2/t15-/m0/s1. The second-order valence-corrected chi connectivity index (χ2v) is 7.33. The van der Waals surface area contributed by atoms with E-state index in [0.29, 0.717) is 24.8 Å². The number of ether oxygens (including phenoxy) is 2. The molecule has 1 atom stereocenters. The molecule has 6 nitrogen and oxygen atoms in total. The summed E-state index contributed by atoms with van der Waals surface area (Å²) >= 11 is 0. The Bertz CT molecular complexity index is 831. The first-order valence-corrected chi connectivity index (χ1v) is 9.53. The number of hydrogen-bond acceptors (Lipinski definition) is 5. The molecule has 1 saturated heterocycles. The lowest BCUT2D eigenvalue weighted by Crippen LogP contribution is -2.39. The number of benzene rings is 1. The van der Waals surface area contributed by atoms with Gasteiger partial charge in [0.25, 0.3) is 5.91 Å². The molecule has 0 N–H and O–H groups in total. The maximum absolute atomic E-state index is 13.2. The summed E-state index contributed by atoms with van der Waals surface area (Å²) in [5, 5.41) is 3.86. The Morgan fingerprint density at radius 2 is 2.04 bits per heavy atom. The molecule has 28 heavy (non-hydrogen) atoms. The highest BCUT2D eigenvalue weighted by atomic mass is 19.2. The normalized spacial score (nSPS) is 19.0. The molecule has 4 rings (SSSR count). The first-order valence-electron chi connectivity index (χ1n) is 9.53. The summed E-state index contributed by atoms with van der Waals surface area (Å²) in [5.41, 5.74) is 0.211. The van der Waals surface area contributed by atoms with Gasteiger partial charge in [-0.25, -0.2) is 8.78 Å². The second-order valence-electron chi connectivity index (χ2n) is 7.33. The highest BCUT2D eigenvalue weighted by Gasteiger charge is 2.31. The average molecular weight is 392 g/mol. The van der Waals surface area contributed by atoms with Gasteiger partial charge in [-0.05, 0) is 43.7 Å². The van der Waals surface area contributed by atoms with Crippen molar-refractivity contribution in [3.63, 3.8) is 0 Å². The Morgan fingerprint density at radius 3 is 2.75 bits per heavy atom. The molecule has 2 heterocycles. The van der Waals surface area contributed by atoms with Crippen LogP contribution in [0.3, 0.4) is 0 Å². The smallest absolute Gasteiger partial charge is 0.276 e. The maximum Gasteiger partial charge on any atom is 0.276 e. The third kappa shape index (κ3) is 4.67. The minimum absolute atomic E-state index is 0.0420. The van der Waals surface area contributed by atoms with Gasteiger partial charge in [0.2, 0.25) is 0 Å². The van der Waals surface area contributed by atoms with Crippen molar-refractivity contribution in [2.24, 2.45) is 5.92 Å². The molecule has 0 bridgehead atoms. The van der Waals surface area contributed by atoms with Crippen LogP contribution < -0.4 is 4.74 Å². The largest absolute Gasteiger partial charge is 0.485 e. The molecule has 0 radical (unpaired) electrons. The van der Waals surface area contributed by atoms with Crippen molar-refractivity contribution in [3.8, 4) is 5.75 Å². The number of nitrogens with zero attached hydrogens (tertiary/aromatic N) is 2. The molecular weight excluding hydrogens is 370 g/mol. The molecule has 1 amide bonds. The minimum atomic E-state index is -0.990. The molecule has 2 fully saturated rings. The van der Waals surface area contributed by atoms with Crippen LogP contribution in [-0.2, 0) is 11.3 Å². The van der Waals surface area contributed by atoms with Crippen molar-refractivity contribution in [3.05, 3.63) is 47.4 Å². The minimum Gasteiger partial charge on any atom is -0.485 e. The Morgan fingerprint density at radius 1 is 1.18 bits per heavy atom. The number of aromatic nitrogens is 1. The summed E-state index contributed by atoms with van der Waals surface area (Å²) in [5.74, 6) is -1.08. The predicted molar refractivity (Wildman–Crippen MR) is 94.8 cm³/mol. The summed E-state index contributed by atoms with van der Waals surface area (Å²) in [6.07, 6.45) is 4.33. The third-order valence-corrected chi connectivity index (χ3v) is 4.96. The molecular formula is C20H22F2N2O4. The van der Waals surface area contributed by atoms with E-state index in [-0.39, 0.29) is 30.1 Å². The van der Waals surface area contributed by atoms with E-state index < -0.39 is 11.6 Å². The Kier molecular flexibility index (Phi) is 5.57. The average Bonchev–Trinajstić information content (AvgIpc) is 3.16. The van der Waals surface area contributed by atoms with E-state index in [9.17, 15) is 13.6 Å². The lowest BCUT2D eigenvalue weighted by atomic mass is 10.2. The van der Waals surface area contributed by atoms with Gasteiger partial charge in [-0.3, -0.25) is 4.79 Å². The van der Waals surface area contributed by atoms with Gasteiger partial charge in [0, 0.05) is 31.8 Å². The zero-order chi connectivity index (χ0) is 19.5. The van der Waals surface area contributed by atoms with Crippen LogP contribution in [0, 0.1) is 17.6 Å².